The van der Waals surface area contributed by atoms with Crippen LogP contribution in [0.1, 0.15) is 55.4 Å². The van der Waals surface area contributed by atoms with Crippen molar-refractivity contribution in [3.63, 3.8) is 0 Å². The molecule has 0 bridgehead atoms. The quantitative estimate of drug-likeness (QED) is 0.265. The predicted octanol–water partition coefficient (Wildman–Crippen LogP) is 5.54. The highest BCUT2D eigenvalue weighted by atomic mass is 32.2. The molecule has 0 aliphatic heterocycles. The molecule has 0 spiro atoms. The van der Waals surface area contributed by atoms with Gasteiger partial charge in [-0.2, -0.15) is 0 Å². The van der Waals surface area contributed by atoms with Gasteiger partial charge in [0.15, 0.2) is 0 Å². The summed E-state index contributed by atoms with van der Waals surface area (Å²) in [5, 5.41) is 3.00. The number of nitrogens with zero attached hydrogens (tertiary/aromatic N) is 2. The first-order chi connectivity index (χ1) is 19.9. The molecule has 2 amide bonds. The Morgan fingerprint density at radius 2 is 1.57 bits per heavy atom. The number of hydrogen-bond donors (Lipinski definition) is 1. The fraction of sp³-hybridized carbons (Fsp3) is 0.394. The second-order valence-electron chi connectivity index (χ2n) is 10.9. The Hall–Kier alpha value is -3.72. The smallest absolute Gasteiger partial charge is 0.243 e. The molecule has 0 radical (unpaired) electrons. The summed E-state index contributed by atoms with van der Waals surface area (Å²) in [5.41, 5.74) is 3.57. The normalized spacial score (nSPS) is 12.8. The molecule has 0 aliphatic carbocycles. The molecule has 0 aliphatic rings. The number of benzene rings is 3. The van der Waals surface area contributed by atoms with Gasteiger partial charge in [-0.3, -0.25) is 13.9 Å². The maximum atomic E-state index is 14.8. The maximum absolute atomic E-state index is 14.8. The van der Waals surface area contributed by atoms with Crippen LogP contribution in [-0.4, -0.2) is 50.0 Å². The number of carbonyl (C=O) groups is 2. The lowest BCUT2D eigenvalue weighted by Gasteiger charge is -2.33. The number of anilines is 1. The third-order valence-corrected chi connectivity index (χ3v) is 8.41. The topological polar surface area (TPSA) is 86.8 Å². The second-order valence-corrected chi connectivity index (χ2v) is 12.8. The van der Waals surface area contributed by atoms with E-state index in [2.05, 4.69) is 5.32 Å². The van der Waals surface area contributed by atoms with E-state index >= 15 is 0 Å². The van der Waals surface area contributed by atoms with Gasteiger partial charge in [0, 0.05) is 37.5 Å². The van der Waals surface area contributed by atoms with Crippen LogP contribution in [0.15, 0.2) is 72.8 Å². The minimum atomic E-state index is -3.62. The lowest BCUT2D eigenvalue weighted by molar-refractivity contribution is -0.141. The number of aryl methyl sites for hydroxylation is 2. The first-order valence-corrected chi connectivity index (χ1v) is 16.2. The van der Waals surface area contributed by atoms with E-state index in [0.29, 0.717) is 17.7 Å². The lowest BCUT2D eigenvalue weighted by atomic mass is 10.0. The van der Waals surface area contributed by atoms with Crippen molar-refractivity contribution < 1.29 is 22.4 Å². The number of amides is 2. The molecule has 2 atom stereocenters. The Kier molecular flexibility index (Phi) is 11.7. The first kappa shape index (κ1) is 32.8. The molecule has 3 aromatic carbocycles. The van der Waals surface area contributed by atoms with Crippen LogP contribution >= 0.6 is 0 Å². The summed E-state index contributed by atoms with van der Waals surface area (Å²) in [4.78, 5) is 28.9. The fourth-order valence-electron chi connectivity index (χ4n) is 4.90. The summed E-state index contributed by atoms with van der Waals surface area (Å²) in [5.74, 6) is -1.13. The van der Waals surface area contributed by atoms with Crippen LogP contribution in [-0.2, 0) is 32.6 Å². The highest BCUT2D eigenvalue weighted by Gasteiger charge is 2.31. The van der Waals surface area contributed by atoms with Crippen LogP contribution in [0.2, 0.25) is 0 Å². The zero-order valence-corrected chi connectivity index (χ0v) is 26.0. The number of carbonyl (C=O) groups excluding carboxylic acids is 2. The molecular formula is C33H42FN3O4S. The van der Waals surface area contributed by atoms with Gasteiger partial charge in [0.05, 0.1) is 11.9 Å². The minimum absolute atomic E-state index is 0.0207. The summed E-state index contributed by atoms with van der Waals surface area (Å²) in [6.07, 6.45) is 2.31. The van der Waals surface area contributed by atoms with Crippen molar-refractivity contribution in [2.24, 2.45) is 0 Å². The Labute approximate surface area is 249 Å². The van der Waals surface area contributed by atoms with Gasteiger partial charge in [0.2, 0.25) is 21.8 Å². The third kappa shape index (κ3) is 9.41. The predicted molar refractivity (Wildman–Crippen MR) is 166 cm³/mol. The molecule has 0 unspecified atom stereocenters. The molecule has 0 saturated carbocycles. The number of nitrogens with one attached hydrogen (secondary N) is 1. The van der Waals surface area contributed by atoms with Gasteiger partial charge >= 0.3 is 0 Å². The zero-order chi connectivity index (χ0) is 30.9. The number of rotatable bonds is 14. The van der Waals surface area contributed by atoms with Crippen molar-refractivity contribution in [2.75, 3.05) is 17.1 Å². The molecular weight excluding hydrogens is 553 g/mol. The molecule has 3 rings (SSSR count). The van der Waals surface area contributed by atoms with Crippen molar-refractivity contribution >= 4 is 27.5 Å². The molecule has 3 aromatic rings. The average molecular weight is 596 g/mol. The molecule has 0 fully saturated rings. The standard InChI is InChI=1S/C33H42FN3O4S/c1-6-26(4)35-33(39)31(22-27-13-8-7-9-14-27)36(23-28-15-10-11-16-30(28)34)32(38)17-12-18-37(42(5,40)41)29-20-24(2)19-25(3)21-29/h7-11,13-16,19-21,26,31H,6,12,17-18,22-23H2,1-5H3,(H,35,39)/t26-,31+/m1/s1. The zero-order valence-electron chi connectivity index (χ0n) is 25.1. The summed E-state index contributed by atoms with van der Waals surface area (Å²) in [6.45, 7) is 7.65. The van der Waals surface area contributed by atoms with Gasteiger partial charge in [-0.1, -0.05) is 61.5 Å². The van der Waals surface area contributed by atoms with Crippen molar-refractivity contribution in [3.05, 3.63) is 101 Å². The van der Waals surface area contributed by atoms with Crippen LogP contribution in [0.5, 0.6) is 0 Å². The first-order valence-electron chi connectivity index (χ1n) is 14.3. The Balaban J connectivity index is 1.91. The highest BCUT2D eigenvalue weighted by Crippen LogP contribution is 2.23. The Morgan fingerprint density at radius 1 is 0.952 bits per heavy atom. The van der Waals surface area contributed by atoms with E-state index in [1.807, 2.05) is 64.1 Å². The summed E-state index contributed by atoms with van der Waals surface area (Å²) >= 11 is 0. The van der Waals surface area contributed by atoms with Crippen LogP contribution in [0.3, 0.4) is 0 Å². The van der Waals surface area contributed by atoms with Gasteiger partial charge < -0.3 is 10.2 Å². The average Bonchev–Trinajstić information content (AvgIpc) is 2.93. The fourth-order valence-corrected chi connectivity index (χ4v) is 5.85. The molecule has 0 aromatic heterocycles. The Bertz CT molecular complexity index is 1440. The molecule has 0 saturated heterocycles. The molecule has 0 heterocycles. The van der Waals surface area contributed by atoms with E-state index in [9.17, 15) is 22.4 Å². The van der Waals surface area contributed by atoms with Crippen LogP contribution < -0.4 is 9.62 Å². The van der Waals surface area contributed by atoms with Crippen LogP contribution in [0, 0.1) is 19.7 Å². The van der Waals surface area contributed by atoms with E-state index < -0.39 is 21.9 Å². The van der Waals surface area contributed by atoms with E-state index in [1.54, 1.807) is 30.3 Å². The number of sulfonamides is 1. The van der Waals surface area contributed by atoms with Crippen molar-refractivity contribution in [1.29, 1.82) is 0 Å². The number of hydrogen-bond acceptors (Lipinski definition) is 4. The van der Waals surface area contributed by atoms with Gasteiger partial charge in [0.25, 0.3) is 0 Å². The SMILES string of the molecule is CC[C@@H](C)NC(=O)[C@H](Cc1ccccc1)N(Cc1ccccc1F)C(=O)CCCN(c1cc(C)cc(C)c1)S(C)(=O)=O. The monoisotopic (exact) mass is 595 g/mol. The number of halogens is 1. The van der Waals surface area contributed by atoms with Crippen LogP contribution in [0.25, 0.3) is 0 Å². The van der Waals surface area contributed by atoms with E-state index in [4.69, 9.17) is 0 Å². The molecule has 9 heteroatoms. The lowest BCUT2D eigenvalue weighted by Crippen LogP contribution is -2.52. The maximum Gasteiger partial charge on any atom is 0.243 e. The molecule has 42 heavy (non-hydrogen) atoms. The third-order valence-electron chi connectivity index (χ3n) is 7.22. The van der Waals surface area contributed by atoms with Crippen molar-refractivity contribution in [2.45, 2.75) is 72.0 Å². The van der Waals surface area contributed by atoms with E-state index in [-0.39, 0.29) is 50.2 Å². The van der Waals surface area contributed by atoms with Gasteiger partial charge in [-0.05, 0) is 68.5 Å². The molecule has 7 nitrogen and oxygen atoms in total. The second kappa shape index (κ2) is 15.0. The molecule has 226 valence electrons. The highest BCUT2D eigenvalue weighted by molar-refractivity contribution is 7.92. The van der Waals surface area contributed by atoms with Crippen molar-refractivity contribution in [3.8, 4) is 0 Å². The Morgan fingerprint density at radius 3 is 2.17 bits per heavy atom. The summed E-state index contributed by atoms with van der Waals surface area (Å²) in [6, 6.07) is 20.2. The van der Waals surface area contributed by atoms with E-state index in [0.717, 1.165) is 22.9 Å². The molecule has 1 N–H and O–H groups in total. The summed E-state index contributed by atoms with van der Waals surface area (Å²) < 4.78 is 41.5. The van der Waals surface area contributed by atoms with Crippen LogP contribution in [0.4, 0.5) is 10.1 Å². The van der Waals surface area contributed by atoms with Gasteiger partial charge in [-0.25, -0.2) is 12.8 Å². The largest absolute Gasteiger partial charge is 0.352 e. The van der Waals surface area contributed by atoms with E-state index in [1.165, 1.54) is 15.3 Å². The van der Waals surface area contributed by atoms with Gasteiger partial charge in [0.1, 0.15) is 11.9 Å². The summed E-state index contributed by atoms with van der Waals surface area (Å²) in [7, 11) is -3.62. The van der Waals surface area contributed by atoms with Gasteiger partial charge in [-0.15, -0.1) is 0 Å². The van der Waals surface area contributed by atoms with Crippen molar-refractivity contribution in [1.82, 2.24) is 10.2 Å². The minimum Gasteiger partial charge on any atom is -0.352 e.